The predicted molar refractivity (Wildman–Crippen MR) is 92.5 cm³/mol. The van der Waals surface area contributed by atoms with Crippen LogP contribution in [0.1, 0.15) is 51.4 Å². The lowest BCUT2D eigenvalue weighted by Gasteiger charge is -2.26. The molecule has 0 amide bonds. The van der Waals surface area contributed by atoms with Gasteiger partial charge in [-0.15, -0.1) is 0 Å². The van der Waals surface area contributed by atoms with Crippen molar-refractivity contribution in [2.75, 3.05) is 46.4 Å². The number of aliphatic imine (C=N–C) groups is 1. The molecule has 0 spiro atoms. The molecule has 2 fully saturated rings. The summed E-state index contributed by atoms with van der Waals surface area (Å²) < 4.78 is 5.61. The van der Waals surface area contributed by atoms with Crippen LogP contribution >= 0.6 is 0 Å². The van der Waals surface area contributed by atoms with Crippen LogP contribution in [0.4, 0.5) is 0 Å². The van der Waals surface area contributed by atoms with Gasteiger partial charge in [0.2, 0.25) is 0 Å². The monoisotopic (exact) mass is 310 g/mol. The van der Waals surface area contributed by atoms with E-state index in [0.717, 1.165) is 25.7 Å². The third-order valence-corrected chi connectivity index (χ3v) is 4.64. The lowest BCUT2D eigenvalue weighted by Crippen LogP contribution is -2.41. The first-order valence-electron chi connectivity index (χ1n) is 9.17. The van der Waals surface area contributed by atoms with Gasteiger partial charge in [0.1, 0.15) is 0 Å². The smallest absolute Gasteiger partial charge is 0.191 e. The summed E-state index contributed by atoms with van der Waals surface area (Å²) in [7, 11) is 1.83. The lowest BCUT2D eigenvalue weighted by molar-refractivity contribution is 0.114. The van der Waals surface area contributed by atoms with Crippen molar-refractivity contribution in [3.8, 4) is 0 Å². The minimum atomic E-state index is 0.364. The van der Waals surface area contributed by atoms with Crippen molar-refractivity contribution in [1.29, 1.82) is 0 Å². The summed E-state index contributed by atoms with van der Waals surface area (Å²) in [5.41, 5.74) is 0. The number of hydrogen-bond donors (Lipinski definition) is 2. The maximum absolute atomic E-state index is 5.61. The summed E-state index contributed by atoms with van der Waals surface area (Å²) in [6, 6.07) is 0. The highest BCUT2D eigenvalue weighted by atomic mass is 16.5. The number of nitrogens with one attached hydrogen (secondary N) is 2. The average Bonchev–Trinajstić information content (AvgIpc) is 3.08. The van der Waals surface area contributed by atoms with Crippen LogP contribution in [0.2, 0.25) is 0 Å². The Balaban J connectivity index is 1.44. The standard InChI is InChI=1S/C17H34N4O/c1-18-17(20-15-16-9-8-14-22-16)19-10-4-2-5-11-21-12-6-3-7-13-21/h16H,2-15H2,1H3,(H2,18,19,20). The van der Waals surface area contributed by atoms with Crippen molar-refractivity contribution in [2.45, 2.75) is 57.5 Å². The number of unbranched alkanes of at least 4 members (excludes halogenated alkanes) is 2. The van der Waals surface area contributed by atoms with Gasteiger partial charge in [-0.25, -0.2) is 0 Å². The van der Waals surface area contributed by atoms with E-state index in [0.29, 0.717) is 6.10 Å². The Morgan fingerprint density at radius 3 is 2.68 bits per heavy atom. The highest BCUT2D eigenvalue weighted by Crippen LogP contribution is 2.11. The van der Waals surface area contributed by atoms with E-state index in [4.69, 9.17) is 4.74 Å². The first kappa shape index (κ1) is 17.5. The Labute approximate surface area is 135 Å². The largest absolute Gasteiger partial charge is 0.376 e. The molecule has 0 aromatic rings. The number of piperidine rings is 1. The van der Waals surface area contributed by atoms with Crippen molar-refractivity contribution in [1.82, 2.24) is 15.5 Å². The van der Waals surface area contributed by atoms with E-state index < -0.39 is 0 Å². The molecule has 0 aliphatic carbocycles. The topological polar surface area (TPSA) is 48.9 Å². The van der Waals surface area contributed by atoms with E-state index in [2.05, 4.69) is 20.5 Å². The number of hydrogen-bond acceptors (Lipinski definition) is 3. The van der Waals surface area contributed by atoms with Crippen molar-refractivity contribution in [2.24, 2.45) is 4.99 Å². The van der Waals surface area contributed by atoms with E-state index in [1.807, 2.05) is 7.05 Å². The van der Waals surface area contributed by atoms with Gasteiger partial charge in [0.15, 0.2) is 5.96 Å². The predicted octanol–water partition coefficient (Wildman–Crippen LogP) is 1.99. The summed E-state index contributed by atoms with van der Waals surface area (Å²) in [5.74, 6) is 0.909. The Bertz CT molecular complexity index is 310. The summed E-state index contributed by atoms with van der Waals surface area (Å²) >= 11 is 0. The third-order valence-electron chi connectivity index (χ3n) is 4.64. The van der Waals surface area contributed by atoms with Crippen LogP contribution in [-0.2, 0) is 4.74 Å². The Morgan fingerprint density at radius 2 is 1.95 bits per heavy atom. The zero-order valence-corrected chi connectivity index (χ0v) is 14.3. The Kier molecular flexibility index (Phi) is 8.64. The van der Waals surface area contributed by atoms with Gasteiger partial charge < -0.3 is 20.3 Å². The van der Waals surface area contributed by atoms with Crippen LogP contribution in [0.3, 0.4) is 0 Å². The molecule has 2 saturated heterocycles. The fraction of sp³-hybridized carbons (Fsp3) is 0.941. The number of ether oxygens (including phenoxy) is 1. The maximum atomic E-state index is 5.61. The highest BCUT2D eigenvalue weighted by molar-refractivity contribution is 5.79. The van der Waals surface area contributed by atoms with Crippen LogP contribution < -0.4 is 10.6 Å². The summed E-state index contributed by atoms with van der Waals surface area (Å²) in [6.07, 6.45) is 10.8. The van der Waals surface area contributed by atoms with Crippen LogP contribution in [0, 0.1) is 0 Å². The van der Waals surface area contributed by atoms with Crippen LogP contribution in [0.25, 0.3) is 0 Å². The number of rotatable bonds is 8. The molecule has 2 heterocycles. The minimum Gasteiger partial charge on any atom is -0.376 e. The van der Waals surface area contributed by atoms with Crippen LogP contribution in [0.5, 0.6) is 0 Å². The molecule has 2 N–H and O–H groups in total. The number of nitrogens with zero attached hydrogens (tertiary/aromatic N) is 2. The molecule has 2 aliphatic rings. The van der Waals surface area contributed by atoms with E-state index >= 15 is 0 Å². The van der Waals surface area contributed by atoms with Crippen molar-refractivity contribution in [3.63, 3.8) is 0 Å². The second kappa shape index (κ2) is 10.8. The molecule has 5 heteroatoms. The third kappa shape index (κ3) is 6.97. The second-order valence-corrected chi connectivity index (χ2v) is 6.48. The zero-order valence-electron chi connectivity index (χ0n) is 14.3. The molecule has 0 aromatic heterocycles. The molecule has 0 radical (unpaired) electrons. The maximum Gasteiger partial charge on any atom is 0.191 e. The van der Waals surface area contributed by atoms with Crippen molar-refractivity contribution < 1.29 is 4.74 Å². The second-order valence-electron chi connectivity index (χ2n) is 6.48. The molecule has 0 saturated carbocycles. The fourth-order valence-electron chi connectivity index (χ4n) is 3.26. The molecule has 5 nitrogen and oxygen atoms in total. The molecular formula is C17H34N4O. The average molecular weight is 310 g/mol. The summed E-state index contributed by atoms with van der Waals surface area (Å²) in [5, 5.41) is 6.76. The van der Waals surface area contributed by atoms with E-state index in [-0.39, 0.29) is 0 Å². The first-order chi connectivity index (χ1) is 10.9. The fourth-order valence-corrected chi connectivity index (χ4v) is 3.26. The van der Waals surface area contributed by atoms with Gasteiger partial charge in [0.05, 0.1) is 6.10 Å². The van der Waals surface area contributed by atoms with Gasteiger partial charge in [-0.2, -0.15) is 0 Å². The normalized spacial score (nSPS) is 23.7. The van der Waals surface area contributed by atoms with E-state index in [1.165, 1.54) is 71.0 Å². The van der Waals surface area contributed by atoms with Gasteiger partial charge in [0.25, 0.3) is 0 Å². The van der Waals surface area contributed by atoms with Crippen molar-refractivity contribution in [3.05, 3.63) is 0 Å². The first-order valence-corrected chi connectivity index (χ1v) is 9.17. The van der Waals surface area contributed by atoms with Crippen LogP contribution in [0.15, 0.2) is 4.99 Å². The number of guanidine groups is 1. The van der Waals surface area contributed by atoms with E-state index in [1.54, 1.807) is 0 Å². The Hall–Kier alpha value is -0.810. The number of likely N-dealkylation sites (tertiary alicyclic amines) is 1. The van der Waals surface area contributed by atoms with Gasteiger partial charge in [-0.05, 0) is 58.2 Å². The zero-order chi connectivity index (χ0) is 15.5. The van der Waals surface area contributed by atoms with Gasteiger partial charge in [0, 0.05) is 26.7 Å². The lowest BCUT2D eigenvalue weighted by atomic mass is 10.1. The molecule has 2 aliphatic heterocycles. The minimum absolute atomic E-state index is 0.364. The molecule has 0 bridgehead atoms. The molecule has 1 atom stereocenters. The quantitative estimate of drug-likeness (QED) is 0.409. The molecule has 22 heavy (non-hydrogen) atoms. The van der Waals surface area contributed by atoms with Gasteiger partial charge >= 0.3 is 0 Å². The highest BCUT2D eigenvalue weighted by Gasteiger charge is 2.15. The molecule has 1 unspecified atom stereocenters. The van der Waals surface area contributed by atoms with Gasteiger partial charge in [-0.1, -0.05) is 12.8 Å². The Morgan fingerprint density at radius 1 is 1.09 bits per heavy atom. The SMILES string of the molecule is CN=C(NCCCCCN1CCCCC1)NCC1CCCO1. The molecule has 128 valence electrons. The van der Waals surface area contributed by atoms with Crippen molar-refractivity contribution >= 4 is 5.96 Å². The van der Waals surface area contributed by atoms with Crippen LogP contribution in [-0.4, -0.2) is 63.3 Å². The van der Waals surface area contributed by atoms with E-state index in [9.17, 15) is 0 Å². The summed E-state index contributed by atoms with van der Waals surface area (Å²) in [4.78, 5) is 6.89. The van der Waals surface area contributed by atoms with Gasteiger partial charge in [-0.3, -0.25) is 4.99 Å². The molecular weight excluding hydrogens is 276 g/mol. The summed E-state index contributed by atoms with van der Waals surface area (Å²) in [6.45, 7) is 6.71. The molecule has 0 aromatic carbocycles. The molecule has 2 rings (SSSR count).